The highest BCUT2D eigenvalue weighted by Gasteiger charge is 2.17. The number of carboxylic acids is 1. The Morgan fingerprint density at radius 3 is 2.65 bits per heavy atom. The van der Waals surface area contributed by atoms with Crippen molar-refractivity contribution in [3.8, 4) is 0 Å². The molecule has 1 aromatic heterocycles. The van der Waals surface area contributed by atoms with Crippen molar-refractivity contribution in [1.29, 1.82) is 0 Å². The van der Waals surface area contributed by atoms with Gasteiger partial charge in [0.2, 0.25) is 0 Å². The van der Waals surface area contributed by atoms with Crippen molar-refractivity contribution in [3.05, 3.63) is 35.0 Å². The van der Waals surface area contributed by atoms with Crippen LogP contribution in [-0.4, -0.2) is 60.0 Å². The Labute approximate surface area is 154 Å². The highest BCUT2D eigenvalue weighted by atomic mass is 16.5. The number of morpholine rings is 1. The van der Waals surface area contributed by atoms with E-state index in [-0.39, 0.29) is 0 Å². The molecular formula is C20H28N2O4. The lowest BCUT2D eigenvalue weighted by molar-refractivity contribution is 0.0180. The summed E-state index contributed by atoms with van der Waals surface area (Å²) in [6.07, 6.45) is 0. The Morgan fingerprint density at radius 1 is 1.27 bits per heavy atom. The van der Waals surface area contributed by atoms with E-state index < -0.39 is 5.97 Å². The van der Waals surface area contributed by atoms with E-state index in [1.54, 1.807) is 10.6 Å². The van der Waals surface area contributed by atoms with Crippen molar-refractivity contribution in [2.24, 2.45) is 7.05 Å². The number of nitrogens with zero attached hydrogens (tertiary/aromatic N) is 2. The van der Waals surface area contributed by atoms with Gasteiger partial charge in [-0.2, -0.15) is 0 Å². The molecule has 0 spiro atoms. The number of aromatic carboxylic acids is 1. The number of aromatic nitrogens is 1. The number of aryl methyl sites for hydroxylation is 1. The lowest BCUT2D eigenvalue weighted by Crippen LogP contribution is -2.38. The van der Waals surface area contributed by atoms with Crippen LogP contribution in [0, 0.1) is 0 Å². The fourth-order valence-electron chi connectivity index (χ4n) is 3.54. The van der Waals surface area contributed by atoms with Crippen molar-refractivity contribution >= 4 is 16.9 Å². The second-order valence-electron chi connectivity index (χ2n) is 7.18. The van der Waals surface area contributed by atoms with E-state index in [1.807, 2.05) is 13.1 Å². The smallest absolute Gasteiger partial charge is 0.352 e. The molecule has 142 valence electrons. The van der Waals surface area contributed by atoms with Gasteiger partial charge in [-0.15, -0.1) is 0 Å². The van der Waals surface area contributed by atoms with E-state index >= 15 is 0 Å². The Bertz CT molecular complexity index is 776. The number of hydrogen-bond donors (Lipinski definition) is 1. The molecule has 1 fully saturated rings. The monoisotopic (exact) mass is 360 g/mol. The molecule has 1 aromatic carbocycles. The first-order chi connectivity index (χ1) is 12.5. The molecule has 0 unspecified atom stereocenters. The fraction of sp³-hybridized carbons (Fsp3) is 0.550. The zero-order valence-corrected chi connectivity index (χ0v) is 15.8. The number of carbonyl (C=O) groups is 1. The van der Waals surface area contributed by atoms with Crippen LogP contribution in [0.15, 0.2) is 18.2 Å². The zero-order valence-electron chi connectivity index (χ0n) is 15.8. The Morgan fingerprint density at radius 2 is 2.00 bits per heavy atom. The molecule has 6 heteroatoms. The average Bonchev–Trinajstić information content (AvgIpc) is 2.96. The summed E-state index contributed by atoms with van der Waals surface area (Å²) in [5.41, 5.74) is 3.55. The van der Waals surface area contributed by atoms with Gasteiger partial charge in [0, 0.05) is 32.1 Å². The van der Waals surface area contributed by atoms with Crippen LogP contribution in [0.4, 0.5) is 0 Å². The third-order valence-corrected chi connectivity index (χ3v) is 4.98. The van der Waals surface area contributed by atoms with E-state index in [2.05, 4.69) is 24.8 Å². The molecule has 0 bridgehead atoms. The van der Waals surface area contributed by atoms with E-state index in [9.17, 15) is 9.90 Å². The number of benzene rings is 1. The summed E-state index contributed by atoms with van der Waals surface area (Å²) in [5, 5.41) is 10.4. The number of ether oxygens (including phenoxy) is 2. The molecule has 3 rings (SSSR count). The van der Waals surface area contributed by atoms with Crippen LogP contribution in [-0.2, 0) is 23.1 Å². The number of rotatable bonds is 7. The Hall–Kier alpha value is -1.89. The van der Waals surface area contributed by atoms with Gasteiger partial charge in [0.25, 0.3) is 0 Å². The molecule has 26 heavy (non-hydrogen) atoms. The molecule has 6 nitrogen and oxygen atoms in total. The average molecular weight is 360 g/mol. The third kappa shape index (κ3) is 4.09. The minimum absolute atomic E-state index is 0.307. The summed E-state index contributed by atoms with van der Waals surface area (Å²) in [5.74, 6) is -0.595. The maximum atomic E-state index is 11.5. The van der Waals surface area contributed by atoms with Crippen LogP contribution in [0.2, 0.25) is 0 Å². The van der Waals surface area contributed by atoms with Gasteiger partial charge >= 0.3 is 5.97 Å². The minimum atomic E-state index is -0.901. The summed E-state index contributed by atoms with van der Waals surface area (Å²) < 4.78 is 13.0. The summed E-state index contributed by atoms with van der Waals surface area (Å²) in [7, 11) is 1.82. The van der Waals surface area contributed by atoms with Crippen LogP contribution in [0.1, 0.15) is 41.4 Å². The molecule has 1 saturated heterocycles. The summed E-state index contributed by atoms with van der Waals surface area (Å²) in [4.78, 5) is 13.8. The molecule has 2 aromatic rings. The zero-order chi connectivity index (χ0) is 18.7. The van der Waals surface area contributed by atoms with E-state index in [0.717, 1.165) is 54.9 Å². The molecule has 0 radical (unpaired) electrons. The van der Waals surface area contributed by atoms with Crippen LogP contribution in [0.5, 0.6) is 0 Å². The minimum Gasteiger partial charge on any atom is -0.477 e. The van der Waals surface area contributed by atoms with Gasteiger partial charge < -0.3 is 19.1 Å². The van der Waals surface area contributed by atoms with Crippen molar-refractivity contribution in [3.63, 3.8) is 0 Å². The number of hydrogen-bond acceptors (Lipinski definition) is 4. The molecule has 0 saturated carbocycles. The SMILES string of the molecule is CC(C)c1cc(COCCN2CCOCC2)cc2cc(C(=O)O)n(C)c12. The molecule has 0 aliphatic carbocycles. The van der Waals surface area contributed by atoms with Crippen molar-refractivity contribution in [2.75, 3.05) is 39.5 Å². The van der Waals surface area contributed by atoms with Gasteiger partial charge in [0.1, 0.15) is 5.69 Å². The lowest BCUT2D eigenvalue weighted by Gasteiger charge is -2.26. The largest absolute Gasteiger partial charge is 0.477 e. The molecule has 1 aliphatic heterocycles. The first-order valence-corrected chi connectivity index (χ1v) is 9.20. The number of carboxylic acid groups (broad SMARTS) is 1. The van der Waals surface area contributed by atoms with Gasteiger partial charge in [-0.3, -0.25) is 4.90 Å². The molecule has 0 atom stereocenters. The van der Waals surface area contributed by atoms with Gasteiger partial charge in [0.05, 0.1) is 31.9 Å². The third-order valence-electron chi connectivity index (χ3n) is 4.98. The lowest BCUT2D eigenvalue weighted by atomic mass is 9.98. The fourth-order valence-corrected chi connectivity index (χ4v) is 3.54. The normalized spacial score (nSPS) is 15.8. The Kier molecular flexibility index (Phi) is 5.96. The van der Waals surface area contributed by atoms with Crippen molar-refractivity contribution in [1.82, 2.24) is 9.47 Å². The van der Waals surface area contributed by atoms with E-state index in [1.165, 1.54) is 0 Å². The molecular weight excluding hydrogens is 332 g/mol. The highest BCUT2D eigenvalue weighted by Crippen LogP contribution is 2.30. The predicted octanol–water partition coefficient (Wildman–Crippen LogP) is 2.85. The molecule has 1 N–H and O–H groups in total. The van der Waals surface area contributed by atoms with Gasteiger partial charge in [0.15, 0.2) is 0 Å². The van der Waals surface area contributed by atoms with Crippen LogP contribution in [0.3, 0.4) is 0 Å². The highest BCUT2D eigenvalue weighted by molar-refractivity contribution is 5.96. The summed E-state index contributed by atoms with van der Waals surface area (Å²) in [6, 6.07) is 5.94. The first-order valence-electron chi connectivity index (χ1n) is 9.20. The van der Waals surface area contributed by atoms with Crippen LogP contribution >= 0.6 is 0 Å². The van der Waals surface area contributed by atoms with Crippen LogP contribution < -0.4 is 0 Å². The molecule has 0 amide bonds. The summed E-state index contributed by atoms with van der Waals surface area (Å²) in [6.45, 7) is 9.93. The predicted molar refractivity (Wildman–Crippen MR) is 101 cm³/mol. The van der Waals surface area contributed by atoms with Crippen molar-refractivity contribution < 1.29 is 19.4 Å². The Balaban J connectivity index is 1.73. The topological polar surface area (TPSA) is 63.9 Å². The second kappa shape index (κ2) is 8.20. The van der Waals surface area contributed by atoms with Gasteiger partial charge in [-0.1, -0.05) is 19.9 Å². The maximum Gasteiger partial charge on any atom is 0.352 e. The van der Waals surface area contributed by atoms with E-state index in [0.29, 0.717) is 24.8 Å². The quantitative estimate of drug-likeness (QED) is 0.769. The number of fused-ring (bicyclic) bond motifs is 1. The standard InChI is InChI=1S/C20H28N2O4/c1-14(2)17-11-15(13-26-9-6-22-4-7-25-8-5-22)10-16-12-18(20(23)24)21(3)19(16)17/h10-12,14H,4-9,13H2,1-3H3,(H,23,24). The second-order valence-corrected chi connectivity index (χ2v) is 7.18. The first kappa shape index (κ1) is 18.9. The van der Waals surface area contributed by atoms with Gasteiger partial charge in [-0.05, 0) is 29.2 Å². The van der Waals surface area contributed by atoms with Crippen LogP contribution in [0.25, 0.3) is 10.9 Å². The van der Waals surface area contributed by atoms with Gasteiger partial charge in [-0.25, -0.2) is 4.79 Å². The summed E-state index contributed by atoms with van der Waals surface area (Å²) >= 11 is 0. The maximum absolute atomic E-state index is 11.5. The van der Waals surface area contributed by atoms with Crippen molar-refractivity contribution in [2.45, 2.75) is 26.4 Å². The van der Waals surface area contributed by atoms with E-state index in [4.69, 9.17) is 9.47 Å². The molecule has 2 heterocycles. The molecule has 1 aliphatic rings.